The zero-order valence-corrected chi connectivity index (χ0v) is 6.57. The third-order valence-corrected chi connectivity index (χ3v) is 1.33. The van der Waals surface area contributed by atoms with E-state index in [-0.39, 0.29) is 16.9 Å². The van der Waals surface area contributed by atoms with Crippen LogP contribution in [0, 0.1) is 4.77 Å². The molecule has 6 nitrogen and oxygen atoms in total. The zero-order valence-electron chi connectivity index (χ0n) is 5.75. The molecule has 0 saturated heterocycles. The zero-order chi connectivity index (χ0) is 9.14. The van der Waals surface area contributed by atoms with Gasteiger partial charge in [0.05, 0.1) is 0 Å². The first-order valence-electron chi connectivity index (χ1n) is 2.91. The third-order valence-electron chi connectivity index (χ3n) is 1.13. The van der Waals surface area contributed by atoms with Crippen LogP contribution >= 0.6 is 12.2 Å². The summed E-state index contributed by atoms with van der Waals surface area (Å²) in [6.45, 7) is 0. The summed E-state index contributed by atoms with van der Waals surface area (Å²) >= 11 is 4.54. The lowest BCUT2D eigenvalue weighted by molar-refractivity contribution is -0.105. The van der Waals surface area contributed by atoms with Crippen LogP contribution in [0.2, 0.25) is 0 Å². The van der Waals surface area contributed by atoms with Gasteiger partial charge in [-0.1, -0.05) is 0 Å². The van der Waals surface area contributed by atoms with E-state index in [0.717, 1.165) is 0 Å². The van der Waals surface area contributed by atoms with E-state index >= 15 is 0 Å². The highest BCUT2D eigenvalue weighted by molar-refractivity contribution is 7.71. The Morgan fingerprint density at radius 3 is 2.67 bits per heavy atom. The van der Waals surface area contributed by atoms with Gasteiger partial charge in [0.2, 0.25) is 12.3 Å². The minimum Gasteiger partial charge on any atom is -0.493 e. The number of hydrogen-bond acceptors (Lipinski definition) is 4. The molecule has 0 fully saturated rings. The Hall–Kier alpha value is -1.63. The molecule has 0 aliphatic rings. The lowest BCUT2D eigenvalue weighted by atomic mass is 10.5. The normalized spacial score (nSPS) is 9.33. The van der Waals surface area contributed by atoms with Crippen molar-refractivity contribution in [3.05, 3.63) is 15.1 Å². The Labute approximate surface area is 71.3 Å². The lowest BCUT2D eigenvalue weighted by Gasteiger charge is -1.98. The summed E-state index contributed by atoms with van der Waals surface area (Å²) in [5.74, 6) is -0.462. The van der Waals surface area contributed by atoms with Crippen LogP contribution in [0.4, 0.5) is 5.69 Å². The van der Waals surface area contributed by atoms with Gasteiger partial charge in [0, 0.05) is 0 Å². The summed E-state index contributed by atoms with van der Waals surface area (Å²) in [6, 6.07) is 0. The Balaban J connectivity index is 3.38. The fourth-order valence-corrected chi connectivity index (χ4v) is 0.857. The molecule has 1 amide bonds. The molecule has 0 radical (unpaired) electrons. The van der Waals surface area contributed by atoms with Gasteiger partial charge in [0.25, 0.3) is 5.56 Å². The first-order valence-corrected chi connectivity index (χ1v) is 3.31. The van der Waals surface area contributed by atoms with E-state index in [4.69, 9.17) is 5.11 Å². The molecular weight excluding hydrogens is 182 g/mol. The van der Waals surface area contributed by atoms with Gasteiger partial charge < -0.3 is 15.4 Å². The number of carbonyl (C=O) groups is 1. The van der Waals surface area contributed by atoms with E-state index in [2.05, 4.69) is 22.2 Å². The van der Waals surface area contributed by atoms with E-state index < -0.39 is 11.4 Å². The topological polar surface area (TPSA) is 98.0 Å². The summed E-state index contributed by atoms with van der Waals surface area (Å²) < 4.78 is -0.00560. The highest BCUT2D eigenvalue weighted by atomic mass is 32.1. The third kappa shape index (κ3) is 1.51. The van der Waals surface area contributed by atoms with Crippen LogP contribution in [-0.2, 0) is 4.79 Å². The molecule has 0 aromatic carbocycles. The molecule has 0 atom stereocenters. The van der Waals surface area contributed by atoms with E-state index in [1.165, 1.54) is 0 Å². The Kier molecular flexibility index (Phi) is 2.24. The summed E-state index contributed by atoms with van der Waals surface area (Å²) in [5, 5.41) is 11.1. The molecule has 1 aromatic heterocycles. The molecule has 0 saturated carbocycles. The van der Waals surface area contributed by atoms with Crippen LogP contribution in [-0.4, -0.2) is 21.5 Å². The number of anilines is 1. The number of aromatic amines is 2. The predicted octanol–water partition coefficient (Wildman–Crippen LogP) is -0.294. The van der Waals surface area contributed by atoms with Crippen molar-refractivity contribution in [2.24, 2.45) is 0 Å². The summed E-state index contributed by atoms with van der Waals surface area (Å²) in [4.78, 5) is 25.3. The predicted molar refractivity (Wildman–Crippen MR) is 43.6 cm³/mol. The molecular formula is C5H5N3O3S. The highest BCUT2D eigenvalue weighted by Gasteiger charge is 2.04. The fourth-order valence-electron chi connectivity index (χ4n) is 0.667. The van der Waals surface area contributed by atoms with Crippen molar-refractivity contribution in [3.63, 3.8) is 0 Å². The van der Waals surface area contributed by atoms with E-state index in [1.54, 1.807) is 0 Å². The summed E-state index contributed by atoms with van der Waals surface area (Å²) in [5.41, 5.74) is -0.901. The molecule has 0 aliphatic carbocycles. The maximum Gasteiger partial charge on any atom is 0.279 e. The lowest BCUT2D eigenvalue weighted by Crippen LogP contribution is -2.14. The van der Waals surface area contributed by atoms with Crippen LogP contribution in [0.15, 0.2) is 4.79 Å². The van der Waals surface area contributed by atoms with Crippen LogP contribution in [0.3, 0.4) is 0 Å². The highest BCUT2D eigenvalue weighted by Crippen LogP contribution is 2.11. The first kappa shape index (κ1) is 8.47. The van der Waals surface area contributed by atoms with Crippen LogP contribution in [0.1, 0.15) is 0 Å². The Morgan fingerprint density at radius 2 is 2.17 bits per heavy atom. The summed E-state index contributed by atoms with van der Waals surface area (Å²) in [7, 11) is 0. The minimum absolute atomic E-state index is 0.00560. The SMILES string of the molecule is O=CNc1c(O)[nH]c(=S)[nH]c1=O. The molecule has 0 unspecified atom stereocenters. The number of hydrogen-bond donors (Lipinski definition) is 4. The number of aromatic hydroxyl groups is 1. The Morgan fingerprint density at radius 1 is 1.50 bits per heavy atom. The molecule has 1 rings (SSSR count). The number of rotatable bonds is 2. The number of H-pyrrole nitrogens is 2. The molecule has 0 bridgehead atoms. The van der Waals surface area contributed by atoms with Crippen molar-refractivity contribution in [1.29, 1.82) is 0 Å². The Bertz CT molecular complexity index is 407. The largest absolute Gasteiger partial charge is 0.493 e. The molecule has 0 aliphatic heterocycles. The summed E-state index contributed by atoms with van der Waals surface area (Å²) in [6.07, 6.45) is 0.279. The van der Waals surface area contributed by atoms with Crippen molar-refractivity contribution in [2.45, 2.75) is 0 Å². The molecule has 12 heavy (non-hydrogen) atoms. The van der Waals surface area contributed by atoms with Gasteiger partial charge in [-0.05, 0) is 12.2 Å². The number of carbonyl (C=O) groups excluding carboxylic acids is 1. The molecule has 4 N–H and O–H groups in total. The second kappa shape index (κ2) is 3.18. The van der Waals surface area contributed by atoms with Crippen LogP contribution in [0.5, 0.6) is 5.88 Å². The first-order chi connectivity index (χ1) is 5.65. The average molecular weight is 187 g/mol. The minimum atomic E-state index is -0.650. The van der Waals surface area contributed by atoms with Crippen molar-refractivity contribution in [1.82, 2.24) is 9.97 Å². The monoisotopic (exact) mass is 187 g/mol. The van der Waals surface area contributed by atoms with Gasteiger partial charge >= 0.3 is 0 Å². The molecule has 1 aromatic rings. The molecule has 7 heteroatoms. The van der Waals surface area contributed by atoms with Crippen molar-refractivity contribution in [3.8, 4) is 5.88 Å². The van der Waals surface area contributed by atoms with E-state index in [0.29, 0.717) is 0 Å². The maximum atomic E-state index is 10.9. The van der Waals surface area contributed by atoms with Crippen molar-refractivity contribution in [2.75, 3.05) is 5.32 Å². The number of aromatic nitrogens is 2. The standard InChI is InChI=1S/C5H5N3O3S/c9-1-6-2-3(10)7-5(12)8-4(2)11/h1H,(H,6,9)(H3,7,8,10,11,12). The van der Waals surface area contributed by atoms with Crippen LogP contribution in [0.25, 0.3) is 0 Å². The van der Waals surface area contributed by atoms with Gasteiger partial charge in [0.1, 0.15) is 0 Å². The number of nitrogens with one attached hydrogen (secondary N) is 3. The van der Waals surface area contributed by atoms with Gasteiger partial charge in [-0.15, -0.1) is 0 Å². The second-order valence-electron chi connectivity index (χ2n) is 1.89. The molecule has 1 heterocycles. The van der Waals surface area contributed by atoms with Crippen LogP contribution < -0.4 is 10.9 Å². The average Bonchev–Trinajstić information content (AvgIpc) is 1.96. The number of amides is 1. The van der Waals surface area contributed by atoms with Gasteiger partial charge in [-0.2, -0.15) is 0 Å². The smallest absolute Gasteiger partial charge is 0.279 e. The quantitative estimate of drug-likeness (QED) is 0.377. The second-order valence-corrected chi connectivity index (χ2v) is 2.30. The van der Waals surface area contributed by atoms with Gasteiger partial charge in [-0.25, -0.2) is 0 Å². The maximum absolute atomic E-state index is 10.9. The van der Waals surface area contributed by atoms with E-state index in [9.17, 15) is 9.59 Å². The van der Waals surface area contributed by atoms with Crippen molar-refractivity contribution >= 4 is 24.3 Å². The van der Waals surface area contributed by atoms with E-state index in [1.807, 2.05) is 5.32 Å². The fraction of sp³-hybridized carbons (Fsp3) is 0. The van der Waals surface area contributed by atoms with Crippen molar-refractivity contribution < 1.29 is 9.90 Å². The van der Waals surface area contributed by atoms with Gasteiger partial charge in [-0.3, -0.25) is 14.6 Å². The molecule has 64 valence electrons. The molecule has 0 spiro atoms. The van der Waals surface area contributed by atoms with Gasteiger partial charge in [0.15, 0.2) is 10.5 Å².